The standard InChI is InChI=1S/C15H17N3O/c1-2-3-15-17-8-9-18(15)11-14(19)13-6-4-12(10-16)5-7-13/h4-9,14,19H,2-3,11H2,1H3. The summed E-state index contributed by atoms with van der Waals surface area (Å²) < 4.78 is 1.98. The molecule has 0 fully saturated rings. The molecule has 1 aromatic carbocycles. The quantitative estimate of drug-likeness (QED) is 0.892. The Morgan fingerprint density at radius 3 is 2.74 bits per heavy atom. The summed E-state index contributed by atoms with van der Waals surface area (Å²) in [5, 5.41) is 19.0. The highest BCUT2D eigenvalue weighted by molar-refractivity contribution is 5.32. The lowest BCUT2D eigenvalue weighted by Gasteiger charge is -2.14. The van der Waals surface area contributed by atoms with Crippen molar-refractivity contribution in [3.63, 3.8) is 0 Å². The van der Waals surface area contributed by atoms with E-state index in [9.17, 15) is 5.11 Å². The summed E-state index contributed by atoms with van der Waals surface area (Å²) in [6.45, 7) is 2.59. The molecule has 0 saturated carbocycles. The molecule has 98 valence electrons. The smallest absolute Gasteiger partial charge is 0.108 e. The topological polar surface area (TPSA) is 61.8 Å². The Kier molecular flexibility index (Phi) is 4.32. The monoisotopic (exact) mass is 255 g/mol. The van der Waals surface area contributed by atoms with E-state index in [2.05, 4.69) is 18.0 Å². The fourth-order valence-electron chi connectivity index (χ4n) is 2.03. The largest absolute Gasteiger partial charge is 0.387 e. The molecule has 0 aliphatic heterocycles. The van der Waals surface area contributed by atoms with Gasteiger partial charge in [0.1, 0.15) is 5.82 Å². The molecule has 1 unspecified atom stereocenters. The zero-order valence-corrected chi connectivity index (χ0v) is 11.0. The first-order valence-electron chi connectivity index (χ1n) is 6.42. The summed E-state index contributed by atoms with van der Waals surface area (Å²) in [5.41, 5.74) is 1.42. The second kappa shape index (κ2) is 6.17. The van der Waals surface area contributed by atoms with Gasteiger partial charge in [0, 0.05) is 18.8 Å². The van der Waals surface area contributed by atoms with Crippen LogP contribution in [0.1, 0.15) is 36.4 Å². The molecule has 0 amide bonds. The Balaban J connectivity index is 2.09. The van der Waals surface area contributed by atoms with E-state index in [0.717, 1.165) is 24.2 Å². The maximum Gasteiger partial charge on any atom is 0.108 e. The van der Waals surface area contributed by atoms with Gasteiger partial charge in [-0.25, -0.2) is 4.98 Å². The van der Waals surface area contributed by atoms with E-state index in [4.69, 9.17) is 5.26 Å². The zero-order chi connectivity index (χ0) is 13.7. The number of aliphatic hydroxyl groups excluding tert-OH is 1. The maximum atomic E-state index is 10.2. The van der Waals surface area contributed by atoms with Gasteiger partial charge >= 0.3 is 0 Å². The maximum absolute atomic E-state index is 10.2. The molecule has 4 nitrogen and oxygen atoms in total. The number of aromatic nitrogens is 2. The minimum atomic E-state index is -0.586. The number of hydrogen-bond acceptors (Lipinski definition) is 3. The van der Waals surface area contributed by atoms with Crippen LogP contribution in [0.2, 0.25) is 0 Å². The molecular formula is C15H17N3O. The van der Waals surface area contributed by atoms with Crippen molar-refractivity contribution in [2.45, 2.75) is 32.4 Å². The molecule has 1 heterocycles. The Labute approximate surface area is 113 Å². The Bertz CT molecular complexity index is 566. The van der Waals surface area contributed by atoms with Crippen LogP contribution in [0.4, 0.5) is 0 Å². The molecule has 0 bridgehead atoms. The van der Waals surface area contributed by atoms with Crippen molar-refractivity contribution in [3.05, 3.63) is 53.6 Å². The van der Waals surface area contributed by atoms with Crippen molar-refractivity contribution >= 4 is 0 Å². The van der Waals surface area contributed by atoms with Crippen LogP contribution in [0.25, 0.3) is 0 Å². The van der Waals surface area contributed by atoms with Gasteiger partial charge in [-0.05, 0) is 24.1 Å². The van der Waals surface area contributed by atoms with E-state index in [-0.39, 0.29) is 0 Å². The number of imidazole rings is 1. The van der Waals surface area contributed by atoms with Crippen molar-refractivity contribution in [2.75, 3.05) is 0 Å². The molecule has 0 radical (unpaired) electrons. The molecule has 1 atom stereocenters. The Hall–Kier alpha value is -2.12. The Morgan fingerprint density at radius 1 is 1.37 bits per heavy atom. The van der Waals surface area contributed by atoms with Gasteiger partial charge in [0.05, 0.1) is 24.3 Å². The van der Waals surface area contributed by atoms with Gasteiger partial charge in [0.15, 0.2) is 0 Å². The second-order valence-corrected chi connectivity index (χ2v) is 4.50. The highest BCUT2D eigenvalue weighted by atomic mass is 16.3. The van der Waals surface area contributed by atoms with Crippen molar-refractivity contribution < 1.29 is 5.11 Å². The predicted molar refractivity (Wildman–Crippen MR) is 72.3 cm³/mol. The van der Waals surface area contributed by atoms with Crippen LogP contribution in [0.15, 0.2) is 36.7 Å². The van der Waals surface area contributed by atoms with Crippen LogP contribution >= 0.6 is 0 Å². The summed E-state index contributed by atoms with van der Waals surface area (Å²) in [4.78, 5) is 4.29. The summed E-state index contributed by atoms with van der Waals surface area (Å²) in [6.07, 6.45) is 5.00. The van der Waals surface area contributed by atoms with E-state index in [0.29, 0.717) is 12.1 Å². The fourth-order valence-corrected chi connectivity index (χ4v) is 2.03. The second-order valence-electron chi connectivity index (χ2n) is 4.50. The molecule has 0 spiro atoms. The summed E-state index contributed by atoms with van der Waals surface area (Å²) in [5.74, 6) is 0.996. The van der Waals surface area contributed by atoms with E-state index in [1.165, 1.54) is 0 Å². The van der Waals surface area contributed by atoms with Crippen molar-refractivity contribution in [1.29, 1.82) is 5.26 Å². The molecular weight excluding hydrogens is 238 g/mol. The molecule has 0 aliphatic carbocycles. The highest BCUT2D eigenvalue weighted by Crippen LogP contribution is 2.17. The van der Waals surface area contributed by atoms with Gasteiger partial charge in [-0.2, -0.15) is 5.26 Å². The third-order valence-corrected chi connectivity index (χ3v) is 3.07. The van der Waals surface area contributed by atoms with Gasteiger partial charge in [-0.15, -0.1) is 0 Å². The van der Waals surface area contributed by atoms with Gasteiger partial charge in [0.2, 0.25) is 0 Å². The highest BCUT2D eigenvalue weighted by Gasteiger charge is 2.10. The van der Waals surface area contributed by atoms with E-state index < -0.39 is 6.10 Å². The SMILES string of the molecule is CCCc1nccn1CC(O)c1ccc(C#N)cc1. The minimum Gasteiger partial charge on any atom is -0.387 e. The van der Waals surface area contributed by atoms with E-state index in [1.54, 1.807) is 30.5 Å². The van der Waals surface area contributed by atoms with Crippen LogP contribution < -0.4 is 0 Å². The molecule has 19 heavy (non-hydrogen) atoms. The average molecular weight is 255 g/mol. The molecule has 4 heteroatoms. The number of aryl methyl sites for hydroxylation is 1. The summed E-state index contributed by atoms with van der Waals surface area (Å²) in [6, 6.07) is 9.09. The summed E-state index contributed by atoms with van der Waals surface area (Å²) >= 11 is 0. The average Bonchev–Trinajstić information content (AvgIpc) is 2.86. The van der Waals surface area contributed by atoms with Crippen LogP contribution in [-0.4, -0.2) is 14.7 Å². The Morgan fingerprint density at radius 2 is 2.11 bits per heavy atom. The number of aliphatic hydroxyl groups is 1. The van der Waals surface area contributed by atoms with E-state index >= 15 is 0 Å². The van der Waals surface area contributed by atoms with Crippen molar-refractivity contribution in [1.82, 2.24) is 9.55 Å². The normalized spacial score (nSPS) is 12.1. The molecule has 0 aliphatic rings. The minimum absolute atomic E-state index is 0.487. The van der Waals surface area contributed by atoms with Gasteiger partial charge in [-0.1, -0.05) is 19.1 Å². The number of benzene rings is 1. The molecule has 0 saturated heterocycles. The lowest BCUT2D eigenvalue weighted by molar-refractivity contribution is 0.155. The van der Waals surface area contributed by atoms with Crippen molar-refractivity contribution in [2.24, 2.45) is 0 Å². The molecule has 2 aromatic rings. The molecule has 2 rings (SSSR count). The number of nitriles is 1. The van der Waals surface area contributed by atoms with Gasteiger partial charge in [0.25, 0.3) is 0 Å². The van der Waals surface area contributed by atoms with Crippen LogP contribution in [-0.2, 0) is 13.0 Å². The third kappa shape index (κ3) is 3.21. The number of hydrogen-bond donors (Lipinski definition) is 1. The zero-order valence-electron chi connectivity index (χ0n) is 11.0. The lowest BCUT2D eigenvalue weighted by Crippen LogP contribution is -2.11. The van der Waals surface area contributed by atoms with Crippen LogP contribution in [0.5, 0.6) is 0 Å². The first kappa shape index (κ1) is 13.3. The molecule has 1 aromatic heterocycles. The van der Waals surface area contributed by atoms with Crippen molar-refractivity contribution in [3.8, 4) is 6.07 Å². The third-order valence-electron chi connectivity index (χ3n) is 3.07. The molecule has 1 N–H and O–H groups in total. The summed E-state index contributed by atoms with van der Waals surface area (Å²) in [7, 11) is 0. The first-order valence-corrected chi connectivity index (χ1v) is 6.42. The van der Waals surface area contributed by atoms with Crippen LogP contribution in [0.3, 0.4) is 0 Å². The number of nitrogens with zero attached hydrogens (tertiary/aromatic N) is 3. The van der Waals surface area contributed by atoms with Crippen LogP contribution in [0, 0.1) is 11.3 Å². The number of rotatable bonds is 5. The lowest BCUT2D eigenvalue weighted by atomic mass is 10.1. The van der Waals surface area contributed by atoms with E-state index in [1.807, 2.05) is 10.8 Å². The van der Waals surface area contributed by atoms with Gasteiger partial charge < -0.3 is 9.67 Å². The predicted octanol–water partition coefficient (Wildman–Crippen LogP) is 2.44. The van der Waals surface area contributed by atoms with Gasteiger partial charge in [-0.3, -0.25) is 0 Å². The first-order chi connectivity index (χ1) is 9.24. The fraction of sp³-hybridized carbons (Fsp3) is 0.333.